The summed E-state index contributed by atoms with van der Waals surface area (Å²) in [6.07, 6.45) is 0. The van der Waals surface area contributed by atoms with Gasteiger partial charge >= 0.3 is 6.03 Å². The highest BCUT2D eigenvalue weighted by molar-refractivity contribution is 8.00. The van der Waals surface area contributed by atoms with Crippen molar-refractivity contribution < 1.29 is 9.18 Å². The van der Waals surface area contributed by atoms with E-state index in [0.717, 1.165) is 38.2 Å². The monoisotopic (exact) mass is 504 g/mol. The fourth-order valence-corrected chi connectivity index (χ4v) is 5.74. The molecule has 178 valence electrons. The first-order valence-corrected chi connectivity index (χ1v) is 13.2. The van der Waals surface area contributed by atoms with Crippen molar-refractivity contribution in [3.63, 3.8) is 0 Å². The number of nitrogens with zero attached hydrogens (tertiary/aromatic N) is 2. The van der Waals surface area contributed by atoms with Crippen LogP contribution in [0.25, 0.3) is 5.69 Å². The van der Waals surface area contributed by atoms with E-state index in [9.17, 15) is 9.18 Å². The van der Waals surface area contributed by atoms with E-state index in [-0.39, 0.29) is 11.1 Å². The van der Waals surface area contributed by atoms with E-state index in [1.807, 2.05) is 79.3 Å². The van der Waals surface area contributed by atoms with Crippen LogP contribution in [-0.4, -0.2) is 27.3 Å². The Morgan fingerprint density at radius 3 is 2.40 bits per heavy atom. The molecule has 1 aliphatic heterocycles. The number of rotatable bonds is 6. The van der Waals surface area contributed by atoms with Crippen molar-refractivity contribution in [3.8, 4) is 5.69 Å². The van der Waals surface area contributed by atoms with Gasteiger partial charge in [0, 0.05) is 32.8 Å². The number of hydrogen-bond donors (Lipinski definition) is 2. The molecule has 0 spiro atoms. The molecule has 0 aliphatic carbocycles. The number of aromatic nitrogens is 2. The lowest BCUT2D eigenvalue weighted by atomic mass is 9.91. The number of benzene rings is 3. The van der Waals surface area contributed by atoms with Crippen molar-refractivity contribution in [2.75, 3.05) is 22.1 Å². The molecular formula is C27H25FN4OS2. The Balaban J connectivity index is 1.34. The fraction of sp³-hybridized carbons (Fsp3) is 0.185. The second kappa shape index (κ2) is 9.79. The van der Waals surface area contributed by atoms with Gasteiger partial charge in [-0.25, -0.2) is 13.9 Å². The van der Waals surface area contributed by atoms with Gasteiger partial charge in [0.15, 0.2) is 0 Å². The summed E-state index contributed by atoms with van der Waals surface area (Å²) in [5.74, 6) is 2.02. The van der Waals surface area contributed by atoms with Crippen LogP contribution in [0.2, 0.25) is 0 Å². The Hall–Kier alpha value is -3.23. The molecule has 5 rings (SSSR count). The van der Waals surface area contributed by atoms with Crippen LogP contribution in [0.3, 0.4) is 0 Å². The molecule has 1 aliphatic rings. The summed E-state index contributed by atoms with van der Waals surface area (Å²) >= 11 is 3.34. The molecule has 0 bridgehead atoms. The van der Waals surface area contributed by atoms with Gasteiger partial charge in [-0.3, -0.25) is 5.32 Å². The molecule has 0 radical (unpaired) electrons. The van der Waals surface area contributed by atoms with Gasteiger partial charge in [-0.15, -0.1) is 0 Å². The number of aryl methyl sites for hydroxylation is 1. The van der Waals surface area contributed by atoms with Gasteiger partial charge in [0.05, 0.1) is 17.1 Å². The number of amides is 2. The number of carbonyl (C=O) groups is 1. The Morgan fingerprint density at radius 1 is 1.00 bits per heavy atom. The molecule has 3 aromatic carbocycles. The molecule has 5 nitrogen and oxygen atoms in total. The van der Waals surface area contributed by atoms with Crippen LogP contribution in [0.15, 0.2) is 88.7 Å². The Kier molecular flexibility index (Phi) is 6.58. The van der Waals surface area contributed by atoms with Gasteiger partial charge < -0.3 is 5.32 Å². The molecule has 8 heteroatoms. The number of carbonyl (C=O) groups excluding carboxylic acids is 1. The average molecular weight is 505 g/mol. The minimum Gasteiger partial charge on any atom is -0.305 e. The van der Waals surface area contributed by atoms with Crippen LogP contribution in [0.1, 0.15) is 18.2 Å². The number of nitrogens with one attached hydrogen (secondary N) is 2. The Labute approximate surface area is 212 Å². The molecule has 0 unspecified atom stereocenters. The minimum atomic E-state index is -0.527. The molecule has 1 aromatic heterocycles. The first-order chi connectivity index (χ1) is 16.9. The number of halogens is 1. The predicted octanol–water partition coefficient (Wildman–Crippen LogP) is 7.12. The minimum absolute atomic E-state index is 0.0219. The Morgan fingerprint density at radius 2 is 1.74 bits per heavy atom. The largest absolute Gasteiger partial charge is 0.324 e. The van der Waals surface area contributed by atoms with Crippen LogP contribution in [-0.2, 0) is 5.41 Å². The molecule has 2 heterocycles. The highest BCUT2D eigenvalue weighted by atomic mass is 32.2. The van der Waals surface area contributed by atoms with Crippen molar-refractivity contribution in [1.82, 2.24) is 9.78 Å². The summed E-state index contributed by atoms with van der Waals surface area (Å²) < 4.78 is 16.5. The smallest absolute Gasteiger partial charge is 0.305 e. The maximum atomic E-state index is 14.8. The highest BCUT2D eigenvalue weighted by Crippen LogP contribution is 2.41. The SMILES string of the molecule is Cc1ccc(-n2nc(C3(C)CSC3)cc2NC(=O)Nc2ccc(Sc3ccccc3)cc2F)cc1. The molecule has 1 fully saturated rings. The van der Waals surface area contributed by atoms with Crippen molar-refractivity contribution in [1.29, 1.82) is 0 Å². The fourth-order valence-electron chi connectivity index (χ4n) is 3.76. The number of urea groups is 1. The molecule has 35 heavy (non-hydrogen) atoms. The van der Waals surface area contributed by atoms with Crippen LogP contribution in [0.4, 0.5) is 20.7 Å². The second-order valence-electron chi connectivity index (χ2n) is 8.85. The summed E-state index contributed by atoms with van der Waals surface area (Å²) in [6, 6.07) is 23.9. The van der Waals surface area contributed by atoms with Gasteiger partial charge in [0.1, 0.15) is 11.6 Å². The maximum Gasteiger partial charge on any atom is 0.324 e. The van der Waals surface area contributed by atoms with Gasteiger partial charge in [0.25, 0.3) is 0 Å². The lowest BCUT2D eigenvalue weighted by Gasteiger charge is -2.35. The molecule has 4 aromatic rings. The van der Waals surface area contributed by atoms with Crippen molar-refractivity contribution in [2.45, 2.75) is 29.1 Å². The molecule has 2 N–H and O–H groups in total. The first-order valence-electron chi connectivity index (χ1n) is 11.3. The van der Waals surface area contributed by atoms with E-state index >= 15 is 0 Å². The predicted molar refractivity (Wildman–Crippen MR) is 143 cm³/mol. The lowest BCUT2D eigenvalue weighted by Crippen LogP contribution is -2.37. The summed E-state index contributed by atoms with van der Waals surface area (Å²) in [4.78, 5) is 14.6. The van der Waals surface area contributed by atoms with Crippen LogP contribution in [0.5, 0.6) is 0 Å². The van der Waals surface area contributed by atoms with E-state index in [1.54, 1.807) is 16.8 Å². The van der Waals surface area contributed by atoms with Crippen LogP contribution < -0.4 is 10.6 Å². The van der Waals surface area contributed by atoms with E-state index in [2.05, 4.69) is 17.6 Å². The van der Waals surface area contributed by atoms with E-state index in [1.165, 1.54) is 17.8 Å². The lowest BCUT2D eigenvalue weighted by molar-refractivity contribution is 0.262. The number of anilines is 2. The van der Waals surface area contributed by atoms with Crippen molar-refractivity contribution in [2.24, 2.45) is 0 Å². The normalized spacial score (nSPS) is 14.3. The zero-order valence-corrected chi connectivity index (χ0v) is 21.0. The summed E-state index contributed by atoms with van der Waals surface area (Å²) in [7, 11) is 0. The van der Waals surface area contributed by atoms with Gasteiger partial charge in [-0.05, 0) is 49.4 Å². The van der Waals surface area contributed by atoms with Crippen LogP contribution in [0, 0.1) is 12.7 Å². The Bertz CT molecular complexity index is 1350. The summed E-state index contributed by atoms with van der Waals surface area (Å²) in [6.45, 7) is 4.20. The third-order valence-electron chi connectivity index (χ3n) is 5.86. The highest BCUT2D eigenvalue weighted by Gasteiger charge is 2.37. The van der Waals surface area contributed by atoms with Crippen molar-refractivity contribution >= 4 is 41.1 Å². The quantitative estimate of drug-likeness (QED) is 0.294. The van der Waals surface area contributed by atoms with E-state index in [0.29, 0.717) is 5.82 Å². The number of hydrogen-bond acceptors (Lipinski definition) is 4. The van der Waals surface area contributed by atoms with Gasteiger partial charge in [-0.2, -0.15) is 16.9 Å². The third kappa shape index (κ3) is 5.23. The molecule has 0 atom stereocenters. The zero-order chi connectivity index (χ0) is 24.4. The number of thioether (sulfide) groups is 1. The average Bonchev–Trinajstić information content (AvgIpc) is 3.24. The zero-order valence-electron chi connectivity index (χ0n) is 19.4. The summed E-state index contributed by atoms with van der Waals surface area (Å²) in [5, 5.41) is 10.3. The molecule has 0 saturated carbocycles. The van der Waals surface area contributed by atoms with E-state index in [4.69, 9.17) is 5.10 Å². The maximum absolute atomic E-state index is 14.8. The topological polar surface area (TPSA) is 59.0 Å². The van der Waals surface area contributed by atoms with Crippen LogP contribution >= 0.6 is 23.5 Å². The second-order valence-corrected chi connectivity index (χ2v) is 11.0. The standard InChI is InChI=1S/C27H25FN4OS2/c1-18-8-10-19(11-9-18)32-25(15-24(31-32)27(2)16-34-17-27)30-26(33)29-23-13-12-21(14-22(23)28)35-20-6-4-3-5-7-20/h3-15H,16-17H2,1-2H3,(H2,29,30,33). The summed E-state index contributed by atoms with van der Waals surface area (Å²) in [5.41, 5.74) is 3.01. The van der Waals surface area contributed by atoms with E-state index < -0.39 is 11.8 Å². The third-order valence-corrected chi connectivity index (χ3v) is 8.54. The molecule has 1 saturated heterocycles. The van der Waals surface area contributed by atoms with Crippen molar-refractivity contribution in [3.05, 3.63) is 95.9 Å². The molecular weight excluding hydrogens is 479 g/mol. The van der Waals surface area contributed by atoms with Gasteiger partial charge in [0.2, 0.25) is 0 Å². The van der Waals surface area contributed by atoms with Gasteiger partial charge in [-0.1, -0.05) is 54.6 Å². The first kappa shape index (κ1) is 23.5. The molecule has 2 amide bonds.